The van der Waals surface area contributed by atoms with Crippen molar-refractivity contribution in [1.82, 2.24) is 19.6 Å². The van der Waals surface area contributed by atoms with Crippen LogP contribution < -0.4 is 0 Å². The first kappa shape index (κ1) is 14.1. The molecule has 0 aliphatic heterocycles. The number of carboxylic acid groups (broad SMARTS) is 1. The Kier molecular flexibility index (Phi) is 3.74. The third-order valence-electron chi connectivity index (χ3n) is 3.41. The molecular formula is C16H16N4O2. The van der Waals surface area contributed by atoms with Crippen LogP contribution in [0.2, 0.25) is 0 Å². The molecule has 0 atom stereocenters. The van der Waals surface area contributed by atoms with Crippen molar-refractivity contribution in [3.8, 4) is 11.3 Å². The van der Waals surface area contributed by atoms with Gasteiger partial charge in [0.05, 0.1) is 24.0 Å². The Bertz CT molecular complexity index is 804. The fourth-order valence-corrected chi connectivity index (χ4v) is 2.26. The molecule has 0 amide bonds. The van der Waals surface area contributed by atoms with Gasteiger partial charge in [0.1, 0.15) is 0 Å². The van der Waals surface area contributed by atoms with Crippen LogP contribution in [0.1, 0.15) is 22.8 Å². The maximum Gasteiger partial charge on any atom is 0.335 e. The summed E-state index contributed by atoms with van der Waals surface area (Å²) in [4.78, 5) is 11.0. The Morgan fingerprint density at radius 2 is 2.14 bits per heavy atom. The van der Waals surface area contributed by atoms with E-state index in [1.54, 1.807) is 29.1 Å². The molecule has 6 nitrogen and oxygen atoms in total. The highest BCUT2D eigenvalue weighted by Crippen LogP contribution is 2.16. The summed E-state index contributed by atoms with van der Waals surface area (Å²) in [7, 11) is 0. The summed E-state index contributed by atoms with van der Waals surface area (Å²) in [6.45, 7) is 3.39. The van der Waals surface area contributed by atoms with Crippen LogP contribution in [-0.2, 0) is 13.1 Å². The van der Waals surface area contributed by atoms with Crippen LogP contribution >= 0.6 is 0 Å². The largest absolute Gasteiger partial charge is 0.478 e. The molecule has 0 radical (unpaired) electrons. The van der Waals surface area contributed by atoms with Crippen molar-refractivity contribution in [3.63, 3.8) is 0 Å². The smallest absolute Gasteiger partial charge is 0.335 e. The second kappa shape index (κ2) is 5.85. The van der Waals surface area contributed by atoms with Gasteiger partial charge in [0.15, 0.2) is 0 Å². The molecule has 0 saturated heterocycles. The van der Waals surface area contributed by atoms with E-state index in [1.165, 1.54) is 0 Å². The number of aryl methyl sites for hydroxylation is 1. The molecule has 0 saturated carbocycles. The lowest BCUT2D eigenvalue weighted by molar-refractivity contribution is 0.0696. The van der Waals surface area contributed by atoms with E-state index in [9.17, 15) is 4.79 Å². The van der Waals surface area contributed by atoms with E-state index in [0.29, 0.717) is 6.54 Å². The first-order chi connectivity index (χ1) is 10.7. The highest BCUT2D eigenvalue weighted by atomic mass is 16.4. The average molecular weight is 296 g/mol. The number of hydrogen-bond acceptors (Lipinski definition) is 3. The van der Waals surface area contributed by atoms with Gasteiger partial charge in [0.2, 0.25) is 0 Å². The topological polar surface area (TPSA) is 72.9 Å². The fourth-order valence-electron chi connectivity index (χ4n) is 2.26. The molecule has 3 aromatic rings. The zero-order valence-corrected chi connectivity index (χ0v) is 12.2. The van der Waals surface area contributed by atoms with E-state index in [2.05, 4.69) is 10.2 Å². The maximum absolute atomic E-state index is 11.0. The summed E-state index contributed by atoms with van der Waals surface area (Å²) in [5.41, 5.74) is 3.02. The van der Waals surface area contributed by atoms with Crippen molar-refractivity contribution in [2.75, 3.05) is 0 Å². The van der Waals surface area contributed by atoms with Crippen molar-refractivity contribution in [2.24, 2.45) is 0 Å². The van der Waals surface area contributed by atoms with E-state index in [1.807, 2.05) is 36.1 Å². The summed E-state index contributed by atoms with van der Waals surface area (Å²) in [5, 5.41) is 17.8. The number of carbonyl (C=O) groups is 1. The van der Waals surface area contributed by atoms with Crippen LogP contribution in [0.15, 0.2) is 48.9 Å². The lowest BCUT2D eigenvalue weighted by Crippen LogP contribution is -2.03. The van der Waals surface area contributed by atoms with Gasteiger partial charge in [-0.25, -0.2) is 4.79 Å². The normalized spacial score (nSPS) is 10.8. The molecule has 0 aliphatic carbocycles. The number of aromatic carboxylic acids is 1. The molecule has 1 aromatic carbocycles. The van der Waals surface area contributed by atoms with Gasteiger partial charge in [-0.2, -0.15) is 10.2 Å². The lowest BCUT2D eigenvalue weighted by atomic mass is 10.1. The van der Waals surface area contributed by atoms with Crippen LogP contribution in [0.5, 0.6) is 0 Å². The lowest BCUT2D eigenvalue weighted by Gasteiger charge is -2.03. The van der Waals surface area contributed by atoms with Gasteiger partial charge < -0.3 is 5.11 Å². The van der Waals surface area contributed by atoms with Gasteiger partial charge in [-0.3, -0.25) is 9.36 Å². The molecule has 0 fully saturated rings. The molecule has 2 heterocycles. The molecular weight excluding hydrogens is 280 g/mol. The SMILES string of the molecule is CCn1cc(-c2ccn(Cc3cccc(C(=O)O)c3)n2)cn1. The van der Waals surface area contributed by atoms with Gasteiger partial charge in [-0.05, 0) is 30.7 Å². The van der Waals surface area contributed by atoms with Gasteiger partial charge in [-0.1, -0.05) is 12.1 Å². The molecule has 0 bridgehead atoms. The predicted molar refractivity (Wildman–Crippen MR) is 81.6 cm³/mol. The van der Waals surface area contributed by atoms with Crippen LogP contribution in [-0.4, -0.2) is 30.6 Å². The van der Waals surface area contributed by atoms with Crippen molar-refractivity contribution in [1.29, 1.82) is 0 Å². The zero-order valence-electron chi connectivity index (χ0n) is 12.2. The first-order valence-corrected chi connectivity index (χ1v) is 7.04. The molecule has 22 heavy (non-hydrogen) atoms. The average Bonchev–Trinajstić information content (AvgIpc) is 3.16. The van der Waals surface area contributed by atoms with Gasteiger partial charge in [-0.15, -0.1) is 0 Å². The highest BCUT2D eigenvalue weighted by molar-refractivity contribution is 5.87. The summed E-state index contributed by atoms with van der Waals surface area (Å²) >= 11 is 0. The Hall–Kier alpha value is -2.89. The fraction of sp³-hybridized carbons (Fsp3) is 0.188. The molecule has 1 N–H and O–H groups in total. The summed E-state index contributed by atoms with van der Waals surface area (Å²) in [6.07, 6.45) is 5.63. The Morgan fingerprint density at radius 3 is 2.86 bits per heavy atom. The molecule has 112 valence electrons. The van der Waals surface area contributed by atoms with E-state index in [-0.39, 0.29) is 5.56 Å². The van der Waals surface area contributed by atoms with Gasteiger partial charge >= 0.3 is 5.97 Å². The number of carboxylic acids is 1. The number of nitrogens with zero attached hydrogens (tertiary/aromatic N) is 4. The summed E-state index contributed by atoms with van der Waals surface area (Å²) in [5.74, 6) is -0.921. The predicted octanol–water partition coefficient (Wildman–Crippen LogP) is 2.51. The minimum absolute atomic E-state index is 0.286. The first-order valence-electron chi connectivity index (χ1n) is 7.04. The van der Waals surface area contributed by atoms with Crippen molar-refractivity contribution >= 4 is 5.97 Å². The molecule has 0 spiro atoms. The van der Waals surface area contributed by atoms with Crippen LogP contribution in [0, 0.1) is 0 Å². The van der Waals surface area contributed by atoms with E-state index >= 15 is 0 Å². The van der Waals surface area contributed by atoms with Crippen molar-refractivity contribution in [2.45, 2.75) is 20.0 Å². The monoisotopic (exact) mass is 296 g/mol. The summed E-state index contributed by atoms with van der Waals surface area (Å²) < 4.78 is 3.64. The van der Waals surface area contributed by atoms with Crippen LogP contribution in [0.3, 0.4) is 0 Å². The number of benzene rings is 1. The molecule has 2 aromatic heterocycles. The number of rotatable bonds is 5. The Labute approximate surface area is 127 Å². The highest BCUT2D eigenvalue weighted by Gasteiger charge is 2.07. The molecule has 3 rings (SSSR count). The minimum atomic E-state index is -0.921. The minimum Gasteiger partial charge on any atom is -0.478 e. The zero-order chi connectivity index (χ0) is 15.5. The third kappa shape index (κ3) is 2.90. The van der Waals surface area contributed by atoms with Crippen molar-refractivity contribution < 1.29 is 9.90 Å². The second-order valence-electron chi connectivity index (χ2n) is 4.99. The van der Waals surface area contributed by atoms with Crippen LogP contribution in [0.4, 0.5) is 0 Å². The molecule has 0 unspecified atom stereocenters. The quantitative estimate of drug-likeness (QED) is 0.785. The standard InChI is InChI=1S/C16H16N4O2/c1-2-19-11-14(9-17-19)15-6-7-20(18-15)10-12-4-3-5-13(8-12)16(21)22/h3-9,11H,2,10H2,1H3,(H,21,22). The van der Waals surface area contributed by atoms with E-state index in [0.717, 1.165) is 23.4 Å². The maximum atomic E-state index is 11.0. The molecule has 0 aliphatic rings. The summed E-state index contributed by atoms with van der Waals surface area (Å²) in [6, 6.07) is 8.81. The van der Waals surface area contributed by atoms with Gasteiger partial charge in [0.25, 0.3) is 0 Å². The van der Waals surface area contributed by atoms with Crippen LogP contribution in [0.25, 0.3) is 11.3 Å². The van der Waals surface area contributed by atoms with Gasteiger partial charge in [0, 0.05) is 24.5 Å². The number of hydrogen-bond donors (Lipinski definition) is 1. The number of aromatic nitrogens is 4. The third-order valence-corrected chi connectivity index (χ3v) is 3.41. The van der Waals surface area contributed by atoms with E-state index < -0.39 is 5.97 Å². The Morgan fingerprint density at radius 1 is 1.27 bits per heavy atom. The molecule has 6 heteroatoms. The van der Waals surface area contributed by atoms with Crippen molar-refractivity contribution in [3.05, 3.63) is 60.0 Å². The van der Waals surface area contributed by atoms with E-state index in [4.69, 9.17) is 5.11 Å². The Balaban J connectivity index is 1.79. The second-order valence-corrected chi connectivity index (χ2v) is 4.99.